The Hall–Kier alpha value is -1.55. The number of aromatic nitrogens is 2. The van der Waals surface area contributed by atoms with Crippen molar-refractivity contribution < 1.29 is 0 Å². The molecule has 0 fully saturated rings. The maximum absolute atomic E-state index is 4.64. The third-order valence-electron chi connectivity index (χ3n) is 3.02. The Morgan fingerprint density at radius 1 is 1.15 bits per heavy atom. The number of hydrogen-bond acceptors (Lipinski definition) is 4. The zero-order chi connectivity index (χ0) is 14.5. The first-order valence-corrected chi connectivity index (χ1v) is 7.75. The average molecular weight is 287 g/mol. The lowest BCUT2D eigenvalue weighted by molar-refractivity contribution is 0.811. The summed E-state index contributed by atoms with van der Waals surface area (Å²) >= 11 is 1.70. The Kier molecular flexibility index (Phi) is 5.01. The van der Waals surface area contributed by atoms with E-state index in [9.17, 15) is 0 Å². The second kappa shape index (κ2) is 6.75. The van der Waals surface area contributed by atoms with Crippen LogP contribution in [-0.2, 0) is 6.42 Å². The first-order chi connectivity index (χ1) is 9.62. The lowest BCUT2D eigenvalue weighted by Gasteiger charge is -2.09. The van der Waals surface area contributed by atoms with Crippen molar-refractivity contribution in [2.75, 3.05) is 12.4 Å². The van der Waals surface area contributed by atoms with Gasteiger partial charge in [0.15, 0.2) is 0 Å². The quantitative estimate of drug-likeness (QED) is 0.835. The Morgan fingerprint density at radius 2 is 1.95 bits per heavy atom. The summed E-state index contributed by atoms with van der Waals surface area (Å²) in [6.07, 6.45) is 1.97. The number of anilines is 1. The first-order valence-electron chi connectivity index (χ1n) is 6.93. The van der Waals surface area contributed by atoms with Crippen molar-refractivity contribution in [2.24, 2.45) is 0 Å². The van der Waals surface area contributed by atoms with Gasteiger partial charge in [-0.1, -0.05) is 36.4 Å². The molecule has 0 aliphatic rings. The molecule has 2 rings (SSSR count). The zero-order valence-electron chi connectivity index (χ0n) is 12.5. The van der Waals surface area contributed by atoms with Crippen molar-refractivity contribution in [3.8, 4) is 0 Å². The van der Waals surface area contributed by atoms with Crippen molar-refractivity contribution in [3.63, 3.8) is 0 Å². The van der Waals surface area contributed by atoms with E-state index in [1.807, 2.05) is 13.1 Å². The third kappa shape index (κ3) is 3.73. The summed E-state index contributed by atoms with van der Waals surface area (Å²) in [4.78, 5) is 10.4. The van der Waals surface area contributed by atoms with Crippen LogP contribution in [0, 0.1) is 13.8 Å². The van der Waals surface area contributed by atoms with Gasteiger partial charge in [0.1, 0.15) is 16.7 Å². The molecule has 1 aromatic heterocycles. The largest absolute Gasteiger partial charge is 0.373 e. The lowest BCUT2D eigenvalue weighted by Crippen LogP contribution is -2.01. The van der Waals surface area contributed by atoms with Crippen LogP contribution in [-0.4, -0.2) is 17.0 Å². The summed E-state index contributed by atoms with van der Waals surface area (Å²) in [5.74, 6) is 1.79. The van der Waals surface area contributed by atoms with E-state index < -0.39 is 0 Å². The van der Waals surface area contributed by atoms with E-state index in [2.05, 4.69) is 54.3 Å². The summed E-state index contributed by atoms with van der Waals surface area (Å²) in [5.41, 5.74) is 2.58. The fourth-order valence-electron chi connectivity index (χ4n) is 2.02. The topological polar surface area (TPSA) is 37.8 Å². The van der Waals surface area contributed by atoms with Gasteiger partial charge in [0.2, 0.25) is 0 Å². The highest BCUT2D eigenvalue weighted by Crippen LogP contribution is 2.30. The minimum Gasteiger partial charge on any atom is -0.373 e. The summed E-state index contributed by atoms with van der Waals surface area (Å²) in [6.45, 7) is 6.40. The molecule has 1 N–H and O–H groups in total. The van der Waals surface area contributed by atoms with E-state index in [0.29, 0.717) is 0 Å². The smallest absolute Gasteiger partial charge is 0.132 e. The average Bonchev–Trinajstić information content (AvgIpc) is 2.42. The Labute approximate surface area is 125 Å². The molecule has 0 radical (unpaired) electrons. The van der Waals surface area contributed by atoms with E-state index >= 15 is 0 Å². The standard InChI is InChI=1S/C16H21N3S/c1-5-6-14-18-15(17-4)10-16(19-14)20-13-8-7-11(2)9-12(13)3/h7-10H,5-6H2,1-4H3,(H,17,18,19). The van der Waals surface area contributed by atoms with Gasteiger partial charge in [0.05, 0.1) is 0 Å². The molecule has 0 amide bonds. The molecule has 0 unspecified atom stereocenters. The van der Waals surface area contributed by atoms with E-state index in [1.165, 1.54) is 16.0 Å². The number of nitrogens with one attached hydrogen (secondary N) is 1. The highest BCUT2D eigenvalue weighted by atomic mass is 32.2. The van der Waals surface area contributed by atoms with Gasteiger partial charge in [0.25, 0.3) is 0 Å². The van der Waals surface area contributed by atoms with Crippen molar-refractivity contribution in [1.82, 2.24) is 9.97 Å². The number of benzene rings is 1. The van der Waals surface area contributed by atoms with Crippen LogP contribution in [0.4, 0.5) is 5.82 Å². The Balaban J connectivity index is 2.29. The monoisotopic (exact) mass is 287 g/mol. The summed E-state index contributed by atoms with van der Waals surface area (Å²) in [5, 5.41) is 4.11. The fourth-order valence-corrected chi connectivity index (χ4v) is 2.92. The van der Waals surface area contributed by atoms with Gasteiger partial charge in [-0.3, -0.25) is 0 Å². The van der Waals surface area contributed by atoms with Crippen LogP contribution in [0.25, 0.3) is 0 Å². The lowest BCUT2D eigenvalue weighted by atomic mass is 10.2. The second-order valence-corrected chi connectivity index (χ2v) is 5.94. The molecule has 0 bridgehead atoms. The van der Waals surface area contributed by atoms with Crippen LogP contribution in [0.3, 0.4) is 0 Å². The number of nitrogens with zero attached hydrogens (tertiary/aromatic N) is 2. The van der Waals surface area contributed by atoms with Crippen LogP contribution in [0.2, 0.25) is 0 Å². The molecule has 0 saturated heterocycles. The van der Waals surface area contributed by atoms with Gasteiger partial charge in [0, 0.05) is 24.4 Å². The molecule has 3 nitrogen and oxygen atoms in total. The first kappa shape index (κ1) is 14.9. The van der Waals surface area contributed by atoms with Crippen molar-refractivity contribution >= 4 is 17.6 Å². The van der Waals surface area contributed by atoms with Crippen LogP contribution >= 0.6 is 11.8 Å². The second-order valence-electron chi connectivity index (χ2n) is 4.88. The minimum atomic E-state index is 0.885. The van der Waals surface area contributed by atoms with Gasteiger partial charge in [-0.25, -0.2) is 9.97 Å². The molecule has 0 atom stereocenters. The summed E-state index contributed by atoms with van der Waals surface area (Å²) in [7, 11) is 1.89. The molecule has 1 heterocycles. The molecular weight excluding hydrogens is 266 g/mol. The SMILES string of the molecule is CCCc1nc(NC)cc(Sc2ccc(C)cc2C)n1. The molecule has 0 spiro atoms. The zero-order valence-corrected chi connectivity index (χ0v) is 13.3. The van der Waals surface area contributed by atoms with Gasteiger partial charge in [-0.15, -0.1) is 0 Å². The van der Waals surface area contributed by atoms with Gasteiger partial charge in [-0.05, 0) is 31.9 Å². The Morgan fingerprint density at radius 3 is 2.60 bits per heavy atom. The molecule has 2 aromatic rings. The summed E-state index contributed by atoms with van der Waals surface area (Å²) < 4.78 is 0. The van der Waals surface area contributed by atoms with Crippen molar-refractivity contribution in [1.29, 1.82) is 0 Å². The predicted molar refractivity (Wildman–Crippen MR) is 85.6 cm³/mol. The van der Waals surface area contributed by atoms with E-state index in [-0.39, 0.29) is 0 Å². The van der Waals surface area contributed by atoms with Crippen LogP contribution < -0.4 is 5.32 Å². The van der Waals surface area contributed by atoms with E-state index in [4.69, 9.17) is 0 Å². The molecule has 20 heavy (non-hydrogen) atoms. The van der Waals surface area contributed by atoms with Crippen LogP contribution in [0.15, 0.2) is 34.2 Å². The van der Waals surface area contributed by atoms with Crippen LogP contribution in [0.1, 0.15) is 30.3 Å². The molecular formula is C16H21N3S. The third-order valence-corrected chi connectivity index (χ3v) is 4.12. The van der Waals surface area contributed by atoms with E-state index in [0.717, 1.165) is 29.5 Å². The summed E-state index contributed by atoms with van der Waals surface area (Å²) in [6, 6.07) is 8.51. The van der Waals surface area contributed by atoms with Gasteiger partial charge < -0.3 is 5.32 Å². The normalized spacial score (nSPS) is 10.6. The minimum absolute atomic E-state index is 0.885. The number of hydrogen-bond donors (Lipinski definition) is 1. The number of aryl methyl sites for hydroxylation is 3. The fraction of sp³-hybridized carbons (Fsp3) is 0.375. The van der Waals surface area contributed by atoms with E-state index in [1.54, 1.807) is 11.8 Å². The molecule has 1 aromatic carbocycles. The maximum Gasteiger partial charge on any atom is 0.132 e. The van der Waals surface area contributed by atoms with Crippen molar-refractivity contribution in [3.05, 3.63) is 41.2 Å². The highest BCUT2D eigenvalue weighted by Gasteiger charge is 2.07. The Bertz CT molecular complexity index is 596. The molecule has 0 aliphatic heterocycles. The van der Waals surface area contributed by atoms with Gasteiger partial charge in [-0.2, -0.15) is 0 Å². The predicted octanol–water partition coefficient (Wildman–Crippen LogP) is 4.24. The molecule has 0 aliphatic carbocycles. The highest BCUT2D eigenvalue weighted by molar-refractivity contribution is 7.99. The molecule has 4 heteroatoms. The van der Waals surface area contributed by atoms with Crippen LogP contribution in [0.5, 0.6) is 0 Å². The number of rotatable bonds is 5. The maximum atomic E-state index is 4.64. The molecule has 0 saturated carbocycles. The van der Waals surface area contributed by atoms with Crippen molar-refractivity contribution in [2.45, 2.75) is 43.5 Å². The van der Waals surface area contributed by atoms with Gasteiger partial charge >= 0.3 is 0 Å². The molecule has 106 valence electrons.